The number of imidazole rings is 1. The molecule has 0 bridgehead atoms. The van der Waals surface area contributed by atoms with Gasteiger partial charge in [0.05, 0.1) is 11.0 Å². The number of nitrogens with one attached hydrogen (secondary N) is 2. The molecule has 0 radical (unpaired) electrons. The lowest BCUT2D eigenvalue weighted by atomic mass is 10.3. The molecule has 102 valence electrons. The van der Waals surface area contributed by atoms with Crippen molar-refractivity contribution in [3.05, 3.63) is 35.7 Å². The van der Waals surface area contributed by atoms with Crippen LogP contribution in [0.1, 0.15) is 11.4 Å². The highest BCUT2D eigenvalue weighted by Crippen LogP contribution is 2.30. The zero-order valence-corrected chi connectivity index (χ0v) is 12.4. The number of hydrogen-bond donors (Lipinski definition) is 2. The summed E-state index contributed by atoms with van der Waals surface area (Å²) in [4.78, 5) is 16.7. The molecule has 1 aromatic carbocycles. The molecule has 5 nitrogen and oxygen atoms in total. The first kappa shape index (κ1) is 12.9. The largest absolute Gasteiger partial charge is 0.373 e. The van der Waals surface area contributed by atoms with Crippen LogP contribution in [0.25, 0.3) is 11.0 Å². The van der Waals surface area contributed by atoms with Crippen molar-refractivity contribution < 1.29 is 0 Å². The van der Waals surface area contributed by atoms with Gasteiger partial charge in [0, 0.05) is 12.6 Å². The van der Waals surface area contributed by atoms with E-state index in [-0.39, 0.29) is 0 Å². The fourth-order valence-corrected chi connectivity index (χ4v) is 2.93. The van der Waals surface area contributed by atoms with E-state index in [0.29, 0.717) is 0 Å². The Morgan fingerprint density at radius 2 is 1.90 bits per heavy atom. The molecule has 0 aliphatic heterocycles. The lowest BCUT2D eigenvalue weighted by Gasteiger charge is -2.08. The number of nitrogens with zero attached hydrogens (tertiary/aromatic N) is 3. The van der Waals surface area contributed by atoms with Crippen LogP contribution in [0.5, 0.6) is 0 Å². The van der Waals surface area contributed by atoms with E-state index >= 15 is 0 Å². The van der Waals surface area contributed by atoms with Gasteiger partial charge in [-0.25, -0.2) is 15.0 Å². The van der Waals surface area contributed by atoms with E-state index < -0.39 is 0 Å². The first-order valence-corrected chi connectivity index (χ1v) is 7.14. The molecule has 0 saturated heterocycles. The third-order valence-electron chi connectivity index (χ3n) is 3.01. The zero-order valence-electron chi connectivity index (χ0n) is 11.6. The monoisotopic (exact) mass is 285 g/mol. The summed E-state index contributed by atoms with van der Waals surface area (Å²) >= 11 is 1.53. The van der Waals surface area contributed by atoms with Crippen molar-refractivity contribution in [3.63, 3.8) is 0 Å². The van der Waals surface area contributed by atoms with E-state index in [2.05, 4.69) is 25.3 Å². The van der Waals surface area contributed by atoms with Gasteiger partial charge in [0.1, 0.15) is 16.7 Å². The summed E-state index contributed by atoms with van der Waals surface area (Å²) in [5.74, 6) is 1.61. The first-order valence-electron chi connectivity index (χ1n) is 6.33. The Kier molecular flexibility index (Phi) is 3.31. The van der Waals surface area contributed by atoms with Crippen LogP contribution in [-0.4, -0.2) is 27.0 Å². The van der Waals surface area contributed by atoms with Gasteiger partial charge in [-0.15, -0.1) is 0 Å². The highest BCUT2D eigenvalue weighted by Gasteiger charge is 2.12. The second-order valence-corrected chi connectivity index (χ2v) is 5.44. The Bertz CT molecular complexity index is 732. The number of fused-ring (bicyclic) bond motifs is 1. The normalized spacial score (nSPS) is 10.9. The van der Waals surface area contributed by atoms with Crippen LogP contribution in [0.2, 0.25) is 0 Å². The lowest BCUT2D eigenvalue weighted by molar-refractivity contribution is 0.934. The van der Waals surface area contributed by atoms with Gasteiger partial charge in [-0.2, -0.15) is 0 Å². The van der Waals surface area contributed by atoms with Crippen LogP contribution in [0, 0.1) is 13.8 Å². The number of anilines is 1. The average molecular weight is 285 g/mol. The van der Waals surface area contributed by atoms with E-state index in [1.807, 2.05) is 45.2 Å². The number of rotatable bonds is 3. The van der Waals surface area contributed by atoms with E-state index in [1.165, 1.54) is 11.8 Å². The summed E-state index contributed by atoms with van der Waals surface area (Å²) in [5, 5.41) is 4.85. The van der Waals surface area contributed by atoms with E-state index in [1.54, 1.807) is 0 Å². The van der Waals surface area contributed by atoms with Gasteiger partial charge in [0.15, 0.2) is 5.16 Å². The Labute approximate surface area is 121 Å². The van der Waals surface area contributed by atoms with Gasteiger partial charge in [0.2, 0.25) is 0 Å². The molecule has 0 spiro atoms. The highest BCUT2D eigenvalue weighted by atomic mass is 32.2. The molecule has 2 N–H and O–H groups in total. The van der Waals surface area contributed by atoms with Crippen LogP contribution < -0.4 is 5.32 Å². The number of benzene rings is 1. The zero-order chi connectivity index (χ0) is 14.1. The van der Waals surface area contributed by atoms with Crippen molar-refractivity contribution in [1.82, 2.24) is 19.9 Å². The van der Waals surface area contributed by atoms with Crippen LogP contribution in [0.3, 0.4) is 0 Å². The van der Waals surface area contributed by atoms with E-state index in [9.17, 15) is 0 Å². The van der Waals surface area contributed by atoms with E-state index in [0.717, 1.165) is 38.4 Å². The van der Waals surface area contributed by atoms with Crippen LogP contribution in [-0.2, 0) is 0 Å². The SMILES string of the molecule is CNc1nc(C)nc(Sc2nc3ccccc3[nH]2)c1C. The summed E-state index contributed by atoms with van der Waals surface area (Å²) in [5.41, 5.74) is 3.03. The van der Waals surface area contributed by atoms with Crippen molar-refractivity contribution in [2.75, 3.05) is 12.4 Å². The molecule has 0 atom stereocenters. The maximum absolute atomic E-state index is 4.56. The van der Waals surface area contributed by atoms with Crippen LogP contribution in [0.15, 0.2) is 34.4 Å². The number of H-pyrrole nitrogens is 1. The fraction of sp³-hybridized carbons (Fsp3) is 0.214. The summed E-state index contributed by atoms with van der Waals surface area (Å²) < 4.78 is 0. The Hall–Kier alpha value is -2.08. The highest BCUT2D eigenvalue weighted by molar-refractivity contribution is 7.99. The summed E-state index contributed by atoms with van der Waals surface area (Å²) in [6, 6.07) is 7.99. The standard InChI is InChI=1S/C14H15N5S/c1-8-12(15-3)16-9(2)17-13(8)20-14-18-10-6-4-5-7-11(10)19-14/h4-7H,1-3H3,(H,18,19)(H,15,16,17). The molecule has 6 heteroatoms. The number of aromatic amines is 1. The van der Waals surface area contributed by atoms with Crippen LogP contribution in [0.4, 0.5) is 5.82 Å². The minimum Gasteiger partial charge on any atom is -0.373 e. The summed E-state index contributed by atoms with van der Waals surface area (Å²) in [6.45, 7) is 3.90. The van der Waals surface area contributed by atoms with Crippen LogP contribution >= 0.6 is 11.8 Å². The second-order valence-electron chi connectivity index (χ2n) is 4.46. The molecule has 0 aliphatic rings. The maximum atomic E-state index is 4.56. The topological polar surface area (TPSA) is 66.5 Å². The Morgan fingerprint density at radius 1 is 1.10 bits per heavy atom. The minimum atomic E-state index is 0.749. The maximum Gasteiger partial charge on any atom is 0.172 e. The van der Waals surface area contributed by atoms with Gasteiger partial charge >= 0.3 is 0 Å². The molecule has 3 aromatic rings. The second kappa shape index (κ2) is 5.13. The van der Waals surface area contributed by atoms with Crippen molar-refractivity contribution in [2.45, 2.75) is 24.0 Å². The number of para-hydroxylation sites is 2. The molecule has 0 saturated carbocycles. The molecule has 0 unspecified atom stereocenters. The molecule has 3 rings (SSSR count). The van der Waals surface area contributed by atoms with Gasteiger partial charge in [-0.3, -0.25) is 0 Å². The molecule has 0 amide bonds. The van der Waals surface area contributed by atoms with Gasteiger partial charge in [-0.1, -0.05) is 12.1 Å². The molecule has 0 fully saturated rings. The summed E-state index contributed by atoms with van der Waals surface area (Å²) in [6.07, 6.45) is 0. The molecule has 0 aliphatic carbocycles. The summed E-state index contributed by atoms with van der Waals surface area (Å²) in [7, 11) is 1.87. The molecule has 20 heavy (non-hydrogen) atoms. The molecule has 2 heterocycles. The first-order chi connectivity index (χ1) is 9.67. The number of hydrogen-bond acceptors (Lipinski definition) is 5. The van der Waals surface area contributed by atoms with Crippen molar-refractivity contribution in [2.24, 2.45) is 0 Å². The fourth-order valence-electron chi connectivity index (χ4n) is 2.01. The predicted molar refractivity (Wildman–Crippen MR) is 81.3 cm³/mol. The van der Waals surface area contributed by atoms with Gasteiger partial charge in [-0.05, 0) is 37.7 Å². The third-order valence-corrected chi connectivity index (χ3v) is 3.99. The molecule has 2 aromatic heterocycles. The van der Waals surface area contributed by atoms with Crippen molar-refractivity contribution in [3.8, 4) is 0 Å². The quantitative estimate of drug-likeness (QED) is 0.724. The smallest absolute Gasteiger partial charge is 0.172 e. The Morgan fingerprint density at radius 3 is 2.65 bits per heavy atom. The Balaban J connectivity index is 2.00. The van der Waals surface area contributed by atoms with Crippen molar-refractivity contribution >= 4 is 28.6 Å². The number of aromatic nitrogens is 4. The van der Waals surface area contributed by atoms with Crippen molar-refractivity contribution in [1.29, 1.82) is 0 Å². The van der Waals surface area contributed by atoms with E-state index in [4.69, 9.17) is 0 Å². The lowest BCUT2D eigenvalue weighted by Crippen LogP contribution is -2.02. The third kappa shape index (κ3) is 2.34. The number of aryl methyl sites for hydroxylation is 1. The molecular formula is C14H15N5S. The van der Waals surface area contributed by atoms with Gasteiger partial charge in [0.25, 0.3) is 0 Å². The molecular weight excluding hydrogens is 270 g/mol. The van der Waals surface area contributed by atoms with Gasteiger partial charge < -0.3 is 10.3 Å². The average Bonchev–Trinajstić information content (AvgIpc) is 2.84. The predicted octanol–water partition coefficient (Wildman–Crippen LogP) is 3.16. The minimum absolute atomic E-state index is 0.749.